The van der Waals surface area contributed by atoms with Gasteiger partial charge in [0.05, 0.1) is 0 Å². The van der Waals surface area contributed by atoms with Crippen LogP contribution in [0.2, 0.25) is 0 Å². The monoisotopic (exact) mass is 211 g/mol. The second-order valence-corrected chi connectivity index (χ2v) is 3.78. The zero-order valence-electron chi connectivity index (χ0n) is 7.73. The second kappa shape index (κ2) is 5.62. The molecule has 0 radical (unpaired) electrons. The van der Waals surface area contributed by atoms with Crippen molar-refractivity contribution in [1.82, 2.24) is 4.98 Å². The third-order valence-corrected chi connectivity index (χ3v) is 2.69. The summed E-state index contributed by atoms with van der Waals surface area (Å²) in [6, 6.07) is 3.53. The molecular formula is C9H13N3OS. The van der Waals surface area contributed by atoms with Crippen LogP contribution in [-0.4, -0.2) is 28.3 Å². The number of aromatic nitrogens is 1. The van der Waals surface area contributed by atoms with Gasteiger partial charge in [-0.3, -0.25) is 5.41 Å². The fourth-order valence-electron chi connectivity index (χ4n) is 0.944. The second-order valence-electron chi connectivity index (χ2n) is 2.70. The summed E-state index contributed by atoms with van der Waals surface area (Å²) >= 11 is 1.51. The van der Waals surface area contributed by atoms with Gasteiger partial charge in [0.15, 0.2) is 0 Å². The predicted molar refractivity (Wildman–Crippen MR) is 57.7 cm³/mol. The summed E-state index contributed by atoms with van der Waals surface area (Å²) in [6.45, 7) is 0.176. The maximum atomic E-state index is 8.62. The maximum Gasteiger partial charge on any atom is 0.125 e. The molecule has 0 aliphatic rings. The molecule has 0 aromatic carbocycles. The molecule has 0 fully saturated rings. The first kappa shape index (κ1) is 11.0. The van der Waals surface area contributed by atoms with Crippen LogP contribution in [-0.2, 0) is 0 Å². The molecule has 0 saturated carbocycles. The van der Waals surface area contributed by atoms with Crippen molar-refractivity contribution in [2.45, 2.75) is 11.4 Å². The largest absolute Gasteiger partial charge is 0.396 e. The minimum Gasteiger partial charge on any atom is -0.396 e. The van der Waals surface area contributed by atoms with Crippen molar-refractivity contribution >= 4 is 17.6 Å². The summed E-state index contributed by atoms with van der Waals surface area (Å²) in [5, 5.41) is 16.7. The minimum absolute atomic E-state index is 0.0320. The number of rotatable bonds is 5. The molecule has 5 heteroatoms. The smallest absolute Gasteiger partial charge is 0.125 e. The molecule has 0 bridgehead atoms. The fraction of sp³-hybridized carbons (Fsp3) is 0.333. The Labute approximate surface area is 87.1 Å². The van der Waals surface area contributed by atoms with E-state index in [-0.39, 0.29) is 12.4 Å². The van der Waals surface area contributed by atoms with Crippen molar-refractivity contribution in [2.24, 2.45) is 5.73 Å². The Hall–Kier alpha value is -1.07. The molecule has 0 aliphatic heterocycles. The van der Waals surface area contributed by atoms with Crippen molar-refractivity contribution in [2.75, 3.05) is 12.4 Å². The van der Waals surface area contributed by atoms with Crippen LogP contribution in [0.5, 0.6) is 0 Å². The lowest BCUT2D eigenvalue weighted by atomic mass is 10.3. The van der Waals surface area contributed by atoms with E-state index in [4.69, 9.17) is 16.2 Å². The van der Waals surface area contributed by atoms with Crippen molar-refractivity contribution < 1.29 is 5.11 Å². The number of pyridine rings is 1. The normalized spacial score (nSPS) is 10.1. The van der Waals surface area contributed by atoms with Crippen LogP contribution < -0.4 is 5.73 Å². The van der Waals surface area contributed by atoms with Gasteiger partial charge < -0.3 is 10.8 Å². The molecule has 76 valence electrons. The SMILES string of the molecule is N=C(N)c1cccnc1SCCCO. The zero-order valence-corrected chi connectivity index (χ0v) is 8.55. The van der Waals surface area contributed by atoms with Crippen LogP contribution in [0.1, 0.15) is 12.0 Å². The van der Waals surface area contributed by atoms with Gasteiger partial charge in [-0.1, -0.05) is 0 Å². The highest BCUT2D eigenvalue weighted by molar-refractivity contribution is 7.99. The van der Waals surface area contributed by atoms with E-state index in [0.29, 0.717) is 5.56 Å². The van der Waals surface area contributed by atoms with E-state index in [0.717, 1.165) is 17.2 Å². The number of aliphatic hydroxyl groups excluding tert-OH is 1. The standard InChI is InChI=1S/C9H13N3OS/c10-8(11)7-3-1-4-12-9(7)14-6-2-5-13/h1,3-4,13H,2,5-6H2,(H3,10,11). The molecule has 1 aromatic heterocycles. The topological polar surface area (TPSA) is 83.0 Å². The Kier molecular flexibility index (Phi) is 4.42. The van der Waals surface area contributed by atoms with Gasteiger partial charge in [-0.25, -0.2) is 4.98 Å². The summed E-state index contributed by atoms with van der Waals surface area (Å²) < 4.78 is 0. The van der Waals surface area contributed by atoms with Gasteiger partial charge in [-0.05, 0) is 18.6 Å². The van der Waals surface area contributed by atoms with Gasteiger partial charge in [-0.2, -0.15) is 0 Å². The molecular weight excluding hydrogens is 198 g/mol. The lowest BCUT2D eigenvalue weighted by Crippen LogP contribution is -2.12. The Balaban J connectivity index is 2.69. The third kappa shape index (κ3) is 3.01. The summed E-state index contributed by atoms with van der Waals surface area (Å²) in [5.74, 6) is 0.818. The molecule has 0 atom stereocenters. The summed E-state index contributed by atoms with van der Waals surface area (Å²) in [4.78, 5) is 4.13. The molecule has 0 spiro atoms. The first-order chi connectivity index (χ1) is 6.75. The molecule has 0 amide bonds. The fourth-order valence-corrected chi connectivity index (χ4v) is 1.88. The van der Waals surface area contributed by atoms with E-state index in [1.165, 1.54) is 11.8 Å². The number of hydrogen-bond donors (Lipinski definition) is 3. The molecule has 4 N–H and O–H groups in total. The Bertz CT molecular complexity index is 317. The third-order valence-electron chi connectivity index (χ3n) is 1.60. The maximum absolute atomic E-state index is 8.62. The summed E-state index contributed by atoms with van der Waals surface area (Å²) in [5.41, 5.74) is 6.06. The highest BCUT2D eigenvalue weighted by atomic mass is 32.2. The summed E-state index contributed by atoms with van der Waals surface area (Å²) in [7, 11) is 0. The average Bonchev–Trinajstić information content (AvgIpc) is 2.19. The van der Waals surface area contributed by atoms with E-state index < -0.39 is 0 Å². The minimum atomic E-state index is 0.0320. The number of nitrogen functional groups attached to an aromatic ring is 1. The highest BCUT2D eigenvalue weighted by Crippen LogP contribution is 2.19. The highest BCUT2D eigenvalue weighted by Gasteiger charge is 2.05. The van der Waals surface area contributed by atoms with E-state index >= 15 is 0 Å². The first-order valence-corrected chi connectivity index (χ1v) is 5.27. The Morgan fingerprint density at radius 3 is 3.07 bits per heavy atom. The Morgan fingerprint density at radius 2 is 2.43 bits per heavy atom. The van der Waals surface area contributed by atoms with Crippen LogP contribution in [0.25, 0.3) is 0 Å². The molecule has 4 nitrogen and oxygen atoms in total. The van der Waals surface area contributed by atoms with E-state index in [1.807, 2.05) is 0 Å². The number of aliphatic hydroxyl groups is 1. The molecule has 0 saturated heterocycles. The van der Waals surface area contributed by atoms with Crippen LogP contribution in [0.3, 0.4) is 0 Å². The molecule has 1 heterocycles. The Morgan fingerprint density at radius 1 is 1.64 bits per heavy atom. The molecule has 1 rings (SSSR count). The van der Waals surface area contributed by atoms with Gasteiger partial charge in [0.1, 0.15) is 10.9 Å². The molecule has 1 aromatic rings. The van der Waals surface area contributed by atoms with Gasteiger partial charge >= 0.3 is 0 Å². The number of hydrogen-bond acceptors (Lipinski definition) is 4. The van der Waals surface area contributed by atoms with Gasteiger partial charge in [0.25, 0.3) is 0 Å². The number of amidine groups is 1. The quantitative estimate of drug-likeness (QED) is 0.292. The van der Waals surface area contributed by atoms with E-state index in [2.05, 4.69) is 4.98 Å². The lowest BCUT2D eigenvalue weighted by molar-refractivity contribution is 0.296. The van der Waals surface area contributed by atoms with Crippen molar-refractivity contribution in [3.63, 3.8) is 0 Å². The van der Waals surface area contributed by atoms with Crippen LogP contribution in [0.15, 0.2) is 23.4 Å². The van der Waals surface area contributed by atoms with Crippen molar-refractivity contribution in [1.29, 1.82) is 5.41 Å². The zero-order chi connectivity index (χ0) is 10.4. The summed E-state index contributed by atoms with van der Waals surface area (Å²) in [6.07, 6.45) is 2.40. The van der Waals surface area contributed by atoms with E-state index in [9.17, 15) is 0 Å². The average molecular weight is 211 g/mol. The molecule has 0 aliphatic carbocycles. The van der Waals surface area contributed by atoms with Crippen LogP contribution >= 0.6 is 11.8 Å². The predicted octanol–water partition coefficient (Wildman–Crippen LogP) is 0.840. The number of thioether (sulfide) groups is 1. The van der Waals surface area contributed by atoms with Crippen molar-refractivity contribution in [3.8, 4) is 0 Å². The number of nitrogens with two attached hydrogens (primary N) is 1. The first-order valence-electron chi connectivity index (χ1n) is 4.28. The molecule has 0 unspecified atom stereocenters. The lowest BCUT2D eigenvalue weighted by Gasteiger charge is -2.05. The van der Waals surface area contributed by atoms with Gasteiger partial charge in [-0.15, -0.1) is 11.8 Å². The molecule has 14 heavy (non-hydrogen) atoms. The number of nitrogens with one attached hydrogen (secondary N) is 1. The van der Waals surface area contributed by atoms with Crippen LogP contribution in [0.4, 0.5) is 0 Å². The van der Waals surface area contributed by atoms with Crippen molar-refractivity contribution in [3.05, 3.63) is 23.9 Å². The van der Waals surface area contributed by atoms with Crippen LogP contribution in [0, 0.1) is 5.41 Å². The van der Waals surface area contributed by atoms with Gasteiger partial charge in [0, 0.05) is 24.1 Å². The van der Waals surface area contributed by atoms with E-state index in [1.54, 1.807) is 18.3 Å². The number of nitrogens with zero attached hydrogens (tertiary/aromatic N) is 1. The van der Waals surface area contributed by atoms with Gasteiger partial charge in [0.2, 0.25) is 0 Å².